The highest BCUT2D eigenvalue weighted by molar-refractivity contribution is 5.94. The van der Waals surface area contributed by atoms with E-state index in [0.29, 0.717) is 18.1 Å². The number of nitrogens with zero attached hydrogens (tertiary/aromatic N) is 4. The number of hydrogen-bond acceptors (Lipinski definition) is 3. The number of imidazole rings is 1. The Morgan fingerprint density at radius 1 is 0.829 bits per heavy atom. The molecule has 5 heteroatoms. The van der Waals surface area contributed by atoms with Crippen LogP contribution in [0.25, 0.3) is 11.0 Å². The monoisotopic (exact) mass is 546 g/mol. The molecule has 5 nitrogen and oxygen atoms in total. The normalized spacial score (nSPS) is 24.1. The summed E-state index contributed by atoms with van der Waals surface area (Å²) in [5.41, 5.74) is 5.98. The van der Waals surface area contributed by atoms with E-state index in [2.05, 4.69) is 82.8 Å². The van der Waals surface area contributed by atoms with E-state index in [1.54, 1.807) is 0 Å². The Bertz CT molecular complexity index is 1500. The van der Waals surface area contributed by atoms with E-state index in [1.807, 2.05) is 24.3 Å². The maximum absolute atomic E-state index is 13.3. The molecule has 0 saturated carbocycles. The lowest BCUT2D eigenvalue weighted by molar-refractivity contribution is 0.0607. The van der Waals surface area contributed by atoms with Crippen molar-refractivity contribution in [2.75, 3.05) is 19.6 Å². The standard InChI is InChI=1S/C36H42N4O/c1-26-12-14-28(15-13-26)35(41)38-21-18-36(19-22-38,29-8-4-3-5-9-29)20-23-39-30-16-17-31(39)25-32(24-30)40-27(2)37-33-10-6-7-11-34(33)40/h3-15,30-32H,16-25H2,1-2H3/t30-,31+,32+. The third-order valence-corrected chi connectivity index (χ3v) is 10.5. The summed E-state index contributed by atoms with van der Waals surface area (Å²) in [7, 11) is 0. The zero-order valence-corrected chi connectivity index (χ0v) is 24.5. The van der Waals surface area contributed by atoms with Crippen molar-refractivity contribution in [2.24, 2.45) is 0 Å². The summed E-state index contributed by atoms with van der Waals surface area (Å²) in [6.45, 7) is 7.03. The molecule has 3 aromatic carbocycles. The van der Waals surface area contributed by atoms with Crippen LogP contribution in [0.3, 0.4) is 0 Å². The number of aromatic nitrogens is 2. The largest absolute Gasteiger partial charge is 0.339 e. The molecule has 4 aromatic rings. The Hall–Kier alpha value is -3.44. The van der Waals surface area contributed by atoms with Crippen LogP contribution in [0.1, 0.15) is 78.3 Å². The predicted molar refractivity (Wildman–Crippen MR) is 165 cm³/mol. The predicted octanol–water partition coefficient (Wildman–Crippen LogP) is 7.09. The van der Waals surface area contributed by atoms with Crippen LogP contribution in [0, 0.1) is 13.8 Å². The molecule has 0 radical (unpaired) electrons. The van der Waals surface area contributed by atoms with Gasteiger partial charge in [-0.05, 0) is 101 Å². The lowest BCUT2D eigenvalue weighted by Crippen LogP contribution is -2.49. The van der Waals surface area contributed by atoms with Crippen molar-refractivity contribution >= 4 is 16.9 Å². The summed E-state index contributed by atoms with van der Waals surface area (Å²) in [6, 6.07) is 29.6. The van der Waals surface area contributed by atoms with Crippen LogP contribution in [0.15, 0.2) is 78.9 Å². The second-order valence-corrected chi connectivity index (χ2v) is 12.8. The van der Waals surface area contributed by atoms with E-state index in [4.69, 9.17) is 4.98 Å². The van der Waals surface area contributed by atoms with E-state index >= 15 is 0 Å². The third kappa shape index (κ3) is 4.88. The summed E-state index contributed by atoms with van der Waals surface area (Å²) in [6.07, 6.45) is 8.27. The van der Waals surface area contributed by atoms with Gasteiger partial charge in [-0.15, -0.1) is 0 Å². The molecule has 3 aliphatic heterocycles. The number of hydrogen-bond donors (Lipinski definition) is 0. The highest BCUT2D eigenvalue weighted by Crippen LogP contribution is 2.45. The van der Waals surface area contributed by atoms with Gasteiger partial charge in [0.2, 0.25) is 0 Å². The Labute approximate surface area is 244 Å². The van der Waals surface area contributed by atoms with Gasteiger partial charge >= 0.3 is 0 Å². The first-order chi connectivity index (χ1) is 20.0. The molecule has 0 aliphatic carbocycles. The highest BCUT2D eigenvalue weighted by atomic mass is 16.2. The molecule has 0 spiro atoms. The lowest BCUT2D eigenvalue weighted by Gasteiger charge is -2.45. The molecular weight excluding hydrogens is 504 g/mol. The number of fused-ring (bicyclic) bond motifs is 3. The van der Waals surface area contributed by atoms with E-state index < -0.39 is 0 Å². The van der Waals surface area contributed by atoms with Gasteiger partial charge in [0.1, 0.15) is 5.82 Å². The molecule has 7 rings (SSSR count). The van der Waals surface area contributed by atoms with Crippen LogP contribution >= 0.6 is 0 Å². The Kier molecular flexibility index (Phi) is 6.94. The fourth-order valence-corrected chi connectivity index (χ4v) is 8.28. The molecule has 0 N–H and O–H groups in total. The molecule has 1 aromatic heterocycles. The number of likely N-dealkylation sites (tertiary alicyclic amines) is 1. The van der Waals surface area contributed by atoms with Crippen molar-refractivity contribution in [2.45, 2.75) is 82.3 Å². The van der Waals surface area contributed by atoms with Crippen molar-refractivity contribution < 1.29 is 4.79 Å². The fraction of sp³-hybridized carbons (Fsp3) is 0.444. The average molecular weight is 547 g/mol. The molecule has 0 unspecified atom stereocenters. The minimum atomic E-state index is 0.124. The summed E-state index contributed by atoms with van der Waals surface area (Å²) < 4.78 is 2.53. The second kappa shape index (κ2) is 10.8. The van der Waals surface area contributed by atoms with Crippen LogP contribution in [-0.4, -0.2) is 57.0 Å². The van der Waals surface area contributed by atoms with Crippen molar-refractivity contribution in [1.82, 2.24) is 19.4 Å². The fourth-order valence-electron chi connectivity index (χ4n) is 8.28. The third-order valence-electron chi connectivity index (χ3n) is 10.5. The Balaban J connectivity index is 1.06. The molecule has 2 bridgehead atoms. The van der Waals surface area contributed by atoms with Gasteiger partial charge in [-0.3, -0.25) is 9.69 Å². The summed E-state index contributed by atoms with van der Waals surface area (Å²) in [4.78, 5) is 23.1. The van der Waals surface area contributed by atoms with Crippen LogP contribution < -0.4 is 0 Å². The molecule has 3 atom stereocenters. The molecule has 3 aliphatic rings. The van der Waals surface area contributed by atoms with E-state index in [9.17, 15) is 4.79 Å². The van der Waals surface area contributed by atoms with Gasteiger partial charge in [-0.1, -0.05) is 60.2 Å². The minimum Gasteiger partial charge on any atom is -0.339 e. The SMILES string of the molecule is Cc1ccc(C(=O)N2CCC(CCN3[C@@H]4CC[C@H]3C[C@@H](n3c(C)nc5ccccc53)C4)(c3ccccc3)CC2)cc1. The first-order valence-corrected chi connectivity index (χ1v) is 15.6. The van der Waals surface area contributed by atoms with Crippen molar-refractivity contribution in [3.63, 3.8) is 0 Å². The topological polar surface area (TPSA) is 41.4 Å². The van der Waals surface area contributed by atoms with Crippen molar-refractivity contribution in [3.05, 3.63) is 101 Å². The molecular formula is C36H42N4O. The zero-order chi connectivity index (χ0) is 28.0. The van der Waals surface area contributed by atoms with Gasteiger partial charge in [0.15, 0.2) is 0 Å². The number of para-hydroxylation sites is 2. The smallest absolute Gasteiger partial charge is 0.253 e. The van der Waals surface area contributed by atoms with Gasteiger partial charge in [0, 0.05) is 36.8 Å². The van der Waals surface area contributed by atoms with E-state index in [0.717, 1.165) is 55.8 Å². The quantitative estimate of drug-likeness (QED) is 0.259. The summed E-state index contributed by atoms with van der Waals surface area (Å²) in [5.74, 6) is 1.33. The van der Waals surface area contributed by atoms with Crippen LogP contribution in [0.2, 0.25) is 0 Å². The number of benzene rings is 3. The van der Waals surface area contributed by atoms with Gasteiger partial charge in [-0.2, -0.15) is 0 Å². The number of rotatable bonds is 6. The lowest BCUT2D eigenvalue weighted by atomic mass is 9.70. The number of carbonyl (C=O) groups excluding carboxylic acids is 1. The van der Waals surface area contributed by atoms with E-state index in [1.165, 1.54) is 42.3 Å². The Morgan fingerprint density at radius 2 is 1.49 bits per heavy atom. The number of amides is 1. The van der Waals surface area contributed by atoms with Crippen molar-refractivity contribution in [1.29, 1.82) is 0 Å². The maximum atomic E-state index is 13.3. The molecule has 212 valence electrons. The number of piperidine rings is 2. The molecule has 41 heavy (non-hydrogen) atoms. The van der Waals surface area contributed by atoms with Gasteiger partial charge in [-0.25, -0.2) is 4.98 Å². The molecule has 3 fully saturated rings. The van der Waals surface area contributed by atoms with E-state index in [-0.39, 0.29) is 11.3 Å². The van der Waals surface area contributed by atoms with Crippen LogP contribution in [0.5, 0.6) is 0 Å². The summed E-state index contributed by atoms with van der Waals surface area (Å²) >= 11 is 0. The average Bonchev–Trinajstić information content (AvgIpc) is 3.47. The number of carbonyl (C=O) groups is 1. The summed E-state index contributed by atoms with van der Waals surface area (Å²) in [5, 5.41) is 0. The molecule has 1 amide bonds. The van der Waals surface area contributed by atoms with Gasteiger partial charge in [0.05, 0.1) is 11.0 Å². The first kappa shape index (κ1) is 26.5. The minimum absolute atomic E-state index is 0.124. The zero-order valence-electron chi connectivity index (χ0n) is 24.5. The maximum Gasteiger partial charge on any atom is 0.253 e. The Morgan fingerprint density at radius 3 is 2.20 bits per heavy atom. The highest BCUT2D eigenvalue weighted by Gasteiger charge is 2.44. The molecule has 3 saturated heterocycles. The van der Waals surface area contributed by atoms with Gasteiger partial charge < -0.3 is 9.47 Å². The van der Waals surface area contributed by atoms with Crippen LogP contribution in [0.4, 0.5) is 0 Å². The van der Waals surface area contributed by atoms with Crippen LogP contribution in [-0.2, 0) is 5.41 Å². The van der Waals surface area contributed by atoms with Gasteiger partial charge in [0.25, 0.3) is 5.91 Å². The second-order valence-electron chi connectivity index (χ2n) is 12.8. The molecule has 4 heterocycles. The first-order valence-electron chi connectivity index (χ1n) is 15.6. The number of aryl methyl sites for hydroxylation is 2. The van der Waals surface area contributed by atoms with Crippen molar-refractivity contribution in [3.8, 4) is 0 Å².